The Bertz CT molecular complexity index is 954. The molecule has 1 aromatic heterocycles. The highest BCUT2D eigenvalue weighted by atomic mass is 16.5. The van der Waals surface area contributed by atoms with Crippen molar-refractivity contribution >= 4 is 17.5 Å². The molecule has 0 saturated carbocycles. The van der Waals surface area contributed by atoms with Gasteiger partial charge in [-0.2, -0.15) is 5.10 Å². The zero-order valence-corrected chi connectivity index (χ0v) is 17.4. The van der Waals surface area contributed by atoms with E-state index in [-0.39, 0.29) is 18.3 Å². The molecule has 0 atom stereocenters. The summed E-state index contributed by atoms with van der Waals surface area (Å²) in [7, 11) is 1.51. The van der Waals surface area contributed by atoms with E-state index in [4.69, 9.17) is 9.47 Å². The van der Waals surface area contributed by atoms with Crippen LogP contribution >= 0.6 is 0 Å². The van der Waals surface area contributed by atoms with E-state index in [2.05, 4.69) is 21.2 Å². The standard InChI is InChI=1S/C22H26N4O4/c1-15(27)16-6-7-19(20(12-16)29-2)30-14-22(28)26-10-8-25(9-11-26)21-13-17-4-3-5-18(17)23-24-21/h6-7,12-13H,3-5,8-11,14H2,1-2H3. The number of ether oxygens (including phenoxy) is 2. The van der Waals surface area contributed by atoms with E-state index in [1.165, 1.54) is 19.6 Å². The fraction of sp³-hybridized carbons (Fsp3) is 0.455. The molecule has 0 spiro atoms. The number of aromatic nitrogens is 2. The number of aryl methyl sites for hydroxylation is 2. The third-order valence-corrected chi connectivity index (χ3v) is 5.68. The van der Waals surface area contributed by atoms with Gasteiger partial charge in [-0.05, 0) is 56.0 Å². The van der Waals surface area contributed by atoms with Crippen LogP contribution in [0.5, 0.6) is 11.5 Å². The number of benzene rings is 1. The summed E-state index contributed by atoms with van der Waals surface area (Å²) >= 11 is 0. The highest BCUT2D eigenvalue weighted by molar-refractivity contribution is 5.94. The second-order valence-corrected chi connectivity index (χ2v) is 7.61. The molecule has 8 nitrogen and oxygen atoms in total. The molecule has 0 radical (unpaired) electrons. The highest BCUT2D eigenvalue weighted by Crippen LogP contribution is 2.28. The lowest BCUT2D eigenvalue weighted by atomic mass is 10.1. The van der Waals surface area contributed by atoms with Crippen LogP contribution in [-0.2, 0) is 17.6 Å². The number of carbonyl (C=O) groups is 2. The minimum absolute atomic E-state index is 0.0538. The van der Waals surface area contributed by atoms with Gasteiger partial charge in [0.2, 0.25) is 0 Å². The molecule has 2 aromatic rings. The quantitative estimate of drug-likeness (QED) is 0.673. The van der Waals surface area contributed by atoms with Gasteiger partial charge in [-0.15, -0.1) is 5.10 Å². The van der Waals surface area contributed by atoms with Crippen LogP contribution in [0.1, 0.15) is 35.0 Å². The van der Waals surface area contributed by atoms with Crippen LogP contribution in [0.3, 0.4) is 0 Å². The largest absolute Gasteiger partial charge is 0.493 e. The number of nitrogens with zero attached hydrogens (tertiary/aromatic N) is 4. The van der Waals surface area contributed by atoms with Crippen molar-refractivity contribution in [2.45, 2.75) is 26.2 Å². The van der Waals surface area contributed by atoms with E-state index in [9.17, 15) is 9.59 Å². The number of fused-ring (bicyclic) bond motifs is 1. The number of ketones is 1. The summed E-state index contributed by atoms with van der Waals surface area (Å²) in [5.74, 6) is 1.65. The summed E-state index contributed by atoms with van der Waals surface area (Å²) < 4.78 is 11.0. The third kappa shape index (κ3) is 4.22. The maximum atomic E-state index is 12.6. The monoisotopic (exact) mass is 410 g/mol. The number of Topliss-reactive ketones (excluding diaryl/α,β-unsaturated/α-hetero) is 1. The van der Waals surface area contributed by atoms with Gasteiger partial charge >= 0.3 is 0 Å². The van der Waals surface area contributed by atoms with Crippen LogP contribution in [-0.4, -0.2) is 66.7 Å². The highest BCUT2D eigenvalue weighted by Gasteiger charge is 2.24. The molecule has 4 rings (SSSR count). The predicted octanol–water partition coefficient (Wildman–Crippen LogP) is 1.90. The molecule has 1 aliphatic carbocycles. The zero-order valence-electron chi connectivity index (χ0n) is 17.4. The van der Waals surface area contributed by atoms with E-state index in [1.54, 1.807) is 23.1 Å². The molecular weight excluding hydrogens is 384 g/mol. The fourth-order valence-corrected chi connectivity index (χ4v) is 3.89. The number of amides is 1. The van der Waals surface area contributed by atoms with Crippen LogP contribution < -0.4 is 14.4 Å². The van der Waals surface area contributed by atoms with Crippen molar-refractivity contribution < 1.29 is 19.1 Å². The minimum atomic E-state index is -0.0765. The lowest BCUT2D eigenvalue weighted by molar-refractivity contribution is -0.133. The molecule has 2 aliphatic rings. The molecule has 1 fully saturated rings. The Kier molecular flexibility index (Phi) is 5.83. The van der Waals surface area contributed by atoms with Gasteiger partial charge in [0.05, 0.1) is 12.8 Å². The van der Waals surface area contributed by atoms with Gasteiger partial charge in [0, 0.05) is 31.7 Å². The van der Waals surface area contributed by atoms with Crippen LogP contribution in [0.4, 0.5) is 5.82 Å². The van der Waals surface area contributed by atoms with Crippen molar-refractivity contribution in [3.63, 3.8) is 0 Å². The SMILES string of the molecule is COc1cc(C(C)=O)ccc1OCC(=O)N1CCN(c2cc3c(nn2)CCC3)CC1. The Morgan fingerprint density at radius 2 is 1.83 bits per heavy atom. The van der Waals surface area contributed by atoms with Gasteiger partial charge in [-0.25, -0.2) is 0 Å². The summed E-state index contributed by atoms with van der Waals surface area (Å²) in [5, 5.41) is 8.73. The van der Waals surface area contributed by atoms with Crippen LogP contribution in [0, 0.1) is 0 Å². The normalized spacial score (nSPS) is 15.7. The second kappa shape index (κ2) is 8.69. The molecule has 1 saturated heterocycles. The number of rotatable bonds is 6. The average Bonchev–Trinajstić information content (AvgIpc) is 3.25. The van der Waals surface area contributed by atoms with Gasteiger partial charge in [0.25, 0.3) is 5.91 Å². The first-order chi connectivity index (χ1) is 14.5. The topological polar surface area (TPSA) is 84.9 Å². The molecule has 1 aromatic carbocycles. The number of hydrogen-bond donors (Lipinski definition) is 0. The first-order valence-corrected chi connectivity index (χ1v) is 10.2. The van der Waals surface area contributed by atoms with E-state index >= 15 is 0 Å². The van der Waals surface area contributed by atoms with Crippen molar-refractivity contribution in [3.8, 4) is 11.5 Å². The van der Waals surface area contributed by atoms with E-state index < -0.39 is 0 Å². The van der Waals surface area contributed by atoms with Gasteiger partial charge in [-0.1, -0.05) is 0 Å². The molecule has 0 unspecified atom stereocenters. The first kappa shape index (κ1) is 20.1. The number of methoxy groups -OCH3 is 1. The molecule has 0 N–H and O–H groups in total. The summed E-state index contributed by atoms with van der Waals surface area (Å²) in [6, 6.07) is 7.10. The van der Waals surface area contributed by atoms with E-state index in [0.717, 1.165) is 43.9 Å². The molecule has 0 bridgehead atoms. The minimum Gasteiger partial charge on any atom is -0.493 e. The molecule has 1 aliphatic heterocycles. The Labute approximate surface area is 175 Å². The van der Waals surface area contributed by atoms with Crippen LogP contribution in [0.15, 0.2) is 24.3 Å². The molecule has 2 heterocycles. The van der Waals surface area contributed by atoms with Crippen molar-refractivity contribution in [3.05, 3.63) is 41.1 Å². The van der Waals surface area contributed by atoms with Crippen molar-refractivity contribution in [1.29, 1.82) is 0 Å². The lowest BCUT2D eigenvalue weighted by Crippen LogP contribution is -2.50. The molecule has 1 amide bonds. The summed E-state index contributed by atoms with van der Waals surface area (Å²) in [5.41, 5.74) is 2.96. The Hall–Kier alpha value is -3.16. The van der Waals surface area contributed by atoms with Crippen molar-refractivity contribution in [1.82, 2.24) is 15.1 Å². The van der Waals surface area contributed by atoms with Gasteiger partial charge in [-0.3, -0.25) is 9.59 Å². The Balaban J connectivity index is 1.31. The fourth-order valence-electron chi connectivity index (χ4n) is 3.89. The van der Waals surface area contributed by atoms with Gasteiger partial charge in [0.1, 0.15) is 0 Å². The summed E-state index contributed by atoms with van der Waals surface area (Å²) in [6.07, 6.45) is 3.25. The number of hydrogen-bond acceptors (Lipinski definition) is 7. The maximum Gasteiger partial charge on any atom is 0.260 e. The van der Waals surface area contributed by atoms with Crippen molar-refractivity contribution in [2.24, 2.45) is 0 Å². The summed E-state index contributed by atoms with van der Waals surface area (Å²) in [6.45, 7) is 4.08. The molecule has 30 heavy (non-hydrogen) atoms. The maximum absolute atomic E-state index is 12.6. The van der Waals surface area contributed by atoms with Gasteiger partial charge in [0.15, 0.2) is 29.7 Å². The zero-order chi connectivity index (χ0) is 21.1. The Morgan fingerprint density at radius 3 is 2.57 bits per heavy atom. The average molecular weight is 410 g/mol. The van der Waals surface area contributed by atoms with Crippen molar-refractivity contribution in [2.75, 3.05) is 44.8 Å². The Morgan fingerprint density at radius 1 is 1.03 bits per heavy atom. The van der Waals surface area contributed by atoms with Crippen LogP contribution in [0.25, 0.3) is 0 Å². The number of carbonyl (C=O) groups excluding carboxylic acids is 2. The van der Waals surface area contributed by atoms with Crippen LogP contribution in [0.2, 0.25) is 0 Å². The van der Waals surface area contributed by atoms with E-state index in [1.807, 2.05) is 0 Å². The van der Waals surface area contributed by atoms with E-state index in [0.29, 0.717) is 30.2 Å². The summed E-state index contributed by atoms with van der Waals surface area (Å²) in [4.78, 5) is 28.1. The first-order valence-electron chi connectivity index (χ1n) is 10.2. The molecular formula is C22H26N4O4. The smallest absolute Gasteiger partial charge is 0.260 e. The second-order valence-electron chi connectivity index (χ2n) is 7.61. The number of piperazine rings is 1. The predicted molar refractivity (Wildman–Crippen MR) is 111 cm³/mol. The third-order valence-electron chi connectivity index (χ3n) is 5.68. The molecule has 8 heteroatoms. The van der Waals surface area contributed by atoms with Gasteiger partial charge < -0.3 is 19.3 Å². The lowest BCUT2D eigenvalue weighted by Gasteiger charge is -2.35. The molecule has 158 valence electrons. The number of anilines is 1.